The minimum atomic E-state index is -4.42. The minimum absolute atomic E-state index is 0. The molecule has 0 fully saturated rings. The van der Waals surface area contributed by atoms with Crippen LogP contribution >= 0.6 is 15.6 Å². The van der Waals surface area contributed by atoms with Gasteiger partial charge in [-0.3, -0.25) is 13.6 Å². The number of hydrogen-bond donors (Lipinski definition) is 2. The molecular weight excluding hydrogens is 296 g/mol. The van der Waals surface area contributed by atoms with Crippen molar-refractivity contribution in [2.24, 2.45) is 0 Å². The van der Waals surface area contributed by atoms with E-state index < -0.39 is 15.6 Å². The minimum Gasteiger partial charge on any atom is -0.344 e. The van der Waals surface area contributed by atoms with Gasteiger partial charge in [-0.15, -0.1) is 0 Å². The van der Waals surface area contributed by atoms with E-state index in [2.05, 4.69) is 8.83 Å². The standard InChI is InChI=1S/C9H22O7P2.H3N/c1-4-7-13-17(10,11)16-18(12,14-8-5-2)15-9-6-3;/h4-9H2,1-3H3,(H,10,11);1H3. The van der Waals surface area contributed by atoms with Crippen molar-refractivity contribution in [1.29, 1.82) is 0 Å². The van der Waals surface area contributed by atoms with Crippen molar-refractivity contribution in [3.05, 3.63) is 0 Å². The van der Waals surface area contributed by atoms with Gasteiger partial charge in [-0.1, -0.05) is 20.8 Å². The molecule has 0 aromatic carbocycles. The Hall–Kier alpha value is 0.220. The first-order valence-electron chi connectivity index (χ1n) is 5.97. The third-order valence-corrected chi connectivity index (χ3v) is 4.70. The molecule has 10 heteroatoms. The Bertz CT molecular complexity index is 301. The molecule has 8 nitrogen and oxygen atoms in total. The van der Waals surface area contributed by atoms with Gasteiger partial charge >= 0.3 is 15.6 Å². The van der Waals surface area contributed by atoms with Crippen LogP contribution in [0.15, 0.2) is 0 Å². The van der Waals surface area contributed by atoms with Crippen molar-refractivity contribution >= 4 is 15.6 Å². The second kappa shape index (κ2) is 10.9. The lowest BCUT2D eigenvalue weighted by Crippen LogP contribution is -2.03. The molecule has 0 bridgehead atoms. The van der Waals surface area contributed by atoms with Gasteiger partial charge in [0.2, 0.25) is 0 Å². The molecule has 0 aromatic heterocycles. The molecule has 0 aromatic rings. The smallest absolute Gasteiger partial charge is 0.344 e. The van der Waals surface area contributed by atoms with Gasteiger partial charge in [0.1, 0.15) is 0 Å². The third-order valence-electron chi connectivity index (χ3n) is 1.57. The third kappa shape index (κ3) is 10.6. The van der Waals surface area contributed by atoms with Crippen molar-refractivity contribution in [2.45, 2.75) is 40.0 Å². The molecule has 118 valence electrons. The van der Waals surface area contributed by atoms with Crippen molar-refractivity contribution in [2.75, 3.05) is 19.8 Å². The zero-order valence-electron chi connectivity index (χ0n) is 11.7. The molecule has 0 radical (unpaired) electrons. The first-order valence-corrected chi connectivity index (χ1v) is 8.92. The molecule has 19 heavy (non-hydrogen) atoms. The molecule has 0 rings (SSSR count). The van der Waals surface area contributed by atoms with E-state index >= 15 is 0 Å². The summed E-state index contributed by atoms with van der Waals surface area (Å²) >= 11 is 0. The molecule has 4 N–H and O–H groups in total. The average Bonchev–Trinajstić information content (AvgIpc) is 2.31. The molecule has 1 unspecified atom stereocenters. The first-order chi connectivity index (χ1) is 8.39. The Balaban J connectivity index is 0. The van der Waals surface area contributed by atoms with Crippen molar-refractivity contribution in [1.82, 2.24) is 6.15 Å². The van der Waals surface area contributed by atoms with E-state index in [9.17, 15) is 14.0 Å². The summed E-state index contributed by atoms with van der Waals surface area (Å²) in [6, 6.07) is 0. The van der Waals surface area contributed by atoms with E-state index in [1.807, 2.05) is 0 Å². The van der Waals surface area contributed by atoms with Crippen molar-refractivity contribution in [3.63, 3.8) is 0 Å². The van der Waals surface area contributed by atoms with E-state index in [1.54, 1.807) is 20.8 Å². The molecule has 0 saturated heterocycles. The molecule has 0 saturated carbocycles. The normalized spacial score (nSPS) is 14.7. The lowest BCUT2D eigenvalue weighted by molar-refractivity contribution is 0.127. The number of phosphoric acid groups is 2. The van der Waals surface area contributed by atoms with Gasteiger partial charge in [-0.2, -0.15) is 4.31 Å². The molecule has 0 aliphatic heterocycles. The molecule has 0 spiro atoms. The fourth-order valence-corrected chi connectivity index (χ4v) is 3.72. The summed E-state index contributed by atoms with van der Waals surface area (Å²) in [5, 5.41) is 0. The van der Waals surface area contributed by atoms with Crippen LogP contribution in [0.25, 0.3) is 0 Å². The van der Waals surface area contributed by atoms with E-state index in [0.717, 1.165) is 0 Å². The fourth-order valence-electron chi connectivity index (χ4n) is 0.847. The lowest BCUT2D eigenvalue weighted by Gasteiger charge is -2.19. The summed E-state index contributed by atoms with van der Waals surface area (Å²) in [6.45, 7) is 5.60. The molecule has 0 aliphatic carbocycles. The van der Waals surface area contributed by atoms with Crippen LogP contribution < -0.4 is 6.15 Å². The second-order valence-electron chi connectivity index (χ2n) is 3.50. The molecular formula is C9H25NO7P2. The van der Waals surface area contributed by atoms with E-state index in [4.69, 9.17) is 9.05 Å². The first kappa shape index (κ1) is 21.5. The Morgan fingerprint density at radius 1 is 0.842 bits per heavy atom. The van der Waals surface area contributed by atoms with Crippen LogP contribution in [0.2, 0.25) is 0 Å². The second-order valence-corrected chi connectivity index (χ2v) is 6.76. The van der Waals surface area contributed by atoms with Crippen LogP contribution in [-0.4, -0.2) is 24.7 Å². The lowest BCUT2D eigenvalue weighted by atomic mass is 10.5. The summed E-state index contributed by atoms with van der Waals surface area (Å²) < 4.78 is 42.4. The highest BCUT2D eigenvalue weighted by Crippen LogP contribution is 2.63. The monoisotopic (exact) mass is 321 g/mol. The maximum atomic E-state index is 12.0. The van der Waals surface area contributed by atoms with Crippen LogP contribution in [0.4, 0.5) is 0 Å². The fraction of sp³-hybridized carbons (Fsp3) is 1.00. The zero-order chi connectivity index (χ0) is 14.1. The highest BCUT2D eigenvalue weighted by molar-refractivity contribution is 7.61. The summed E-state index contributed by atoms with van der Waals surface area (Å²) in [4.78, 5) is 9.36. The van der Waals surface area contributed by atoms with Gasteiger partial charge in [0.15, 0.2) is 0 Å². The SMILES string of the molecule is CCCOP(=O)(O)OP(=O)(OCCC)OCCC.N. The number of rotatable bonds is 11. The summed E-state index contributed by atoms with van der Waals surface area (Å²) in [5.41, 5.74) is 0. The van der Waals surface area contributed by atoms with E-state index in [1.165, 1.54) is 0 Å². The van der Waals surface area contributed by atoms with Gasteiger partial charge in [-0.05, 0) is 19.3 Å². The van der Waals surface area contributed by atoms with Gasteiger partial charge in [-0.25, -0.2) is 9.13 Å². The van der Waals surface area contributed by atoms with Crippen LogP contribution in [0.3, 0.4) is 0 Å². The molecule has 1 atom stereocenters. The van der Waals surface area contributed by atoms with Gasteiger partial charge in [0.05, 0.1) is 19.8 Å². The average molecular weight is 321 g/mol. The highest BCUT2D eigenvalue weighted by atomic mass is 31.3. The number of hydrogen-bond acceptors (Lipinski definition) is 7. The maximum Gasteiger partial charge on any atom is 0.483 e. The molecule has 0 aliphatic rings. The predicted molar refractivity (Wildman–Crippen MR) is 72.3 cm³/mol. The van der Waals surface area contributed by atoms with Gasteiger partial charge < -0.3 is 11.0 Å². The van der Waals surface area contributed by atoms with Crippen LogP contribution in [0.1, 0.15) is 40.0 Å². The quantitative estimate of drug-likeness (QED) is 0.552. The van der Waals surface area contributed by atoms with E-state index in [0.29, 0.717) is 19.3 Å². The van der Waals surface area contributed by atoms with Crippen molar-refractivity contribution < 1.29 is 31.9 Å². The summed E-state index contributed by atoms with van der Waals surface area (Å²) in [5.74, 6) is 0. The largest absolute Gasteiger partial charge is 0.483 e. The molecule has 0 amide bonds. The van der Waals surface area contributed by atoms with Gasteiger partial charge in [0.25, 0.3) is 0 Å². The Kier molecular flexibility index (Phi) is 12.4. The van der Waals surface area contributed by atoms with Crippen LogP contribution in [0, 0.1) is 0 Å². The van der Waals surface area contributed by atoms with Crippen LogP contribution in [-0.2, 0) is 27.0 Å². The predicted octanol–water partition coefficient (Wildman–Crippen LogP) is 3.65. The zero-order valence-corrected chi connectivity index (χ0v) is 13.5. The topological polar surface area (TPSA) is 126 Å². The van der Waals surface area contributed by atoms with Gasteiger partial charge in [0, 0.05) is 0 Å². The molecule has 0 heterocycles. The van der Waals surface area contributed by atoms with Crippen LogP contribution in [0.5, 0.6) is 0 Å². The Labute approximate surface area is 114 Å². The maximum absolute atomic E-state index is 12.0. The number of phosphoric ester groups is 2. The Morgan fingerprint density at radius 3 is 1.58 bits per heavy atom. The van der Waals surface area contributed by atoms with Crippen molar-refractivity contribution in [3.8, 4) is 0 Å². The highest BCUT2D eigenvalue weighted by Gasteiger charge is 2.37. The Morgan fingerprint density at radius 2 is 1.21 bits per heavy atom. The summed E-state index contributed by atoms with van der Waals surface area (Å²) in [7, 11) is -8.48. The summed E-state index contributed by atoms with van der Waals surface area (Å²) in [6.07, 6.45) is 1.69. The van der Waals surface area contributed by atoms with E-state index in [-0.39, 0.29) is 26.0 Å².